The van der Waals surface area contributed by atoms with Crippen LogP contribution < -0.4 is 0 Å². The van der Waals surface area contributed by atoms with Crippen LogP contribution in [0.5, 0.6) is 0 Å². The first kappa shape index (κ1) is 12.9. The van der Waals surface area contributed by atoms with Crippen LogP contribution in [0.15, 0.2) is 0 Å². The highest BCUT2D eigenvalue weighted by molar-refractivity contribution is 6.65. The Labute approximate surface area is 90.8 Å². The highest BCUT2D eigenvalue weighted by atomic mass is 19.1. The predicted molar refractivity (Wildman–Crippen MR) is 47.7 cm³/mol. The van der Waals surface area contributed by atoms with Crippen LogP contribution in [-0.4, -0.2) is 52.5 Å². The fourth-order valence-corrected chi connectivity index (χ4v) is 0.936. The predicted octanol–water partition coefficient (Wildman–Crippen LogP) is -0.829. The lowest BCUT2D eigenvalue weighted by Crippen LogP contribution is -2.37. The van der Waals surface area contributed by atoms with Gasteiger partial charge in [-0.2, -0.15) is 0 Å². The summed E-state index contributed by atoms with van der Waals surface area (Å²) in [4.78, 5) is 21.0. The lowest BCUT2D eigenvalue weighted by Gasteiger charge is -2.23. The Hall–Kier alpha value is -1.19. The van der Waals surface area contributed by atoms with Crippen molar-refractivity contribution in [2.24, 2.45) is 0 Å². The molecule has 92 valence electrons. The van der Waals surface area contributed by atoms with Crippen molar-refractivity contribution in [1.82, 2.24) is 0 Å². The van der Waals surface area contributed by atoms with Gasteiger partial charge in [0.2, 0.25) is 0 Å². The minimum Gasteiger partial charge on any atom is -0.596 e. The molecular formula is C7H11BFO7-. The number of halogens is 1. The van der Waals surface area contributed by atoms with Crippen molar-refractivity contribution in [3.05, 3.63) is 0 Å². The molecule has 1 heterocycles. The van der Waals surface area contributed by atoms with Gasteiger partial charge in [0.1, 0.15) is 0 Å². The molecule has 0 aromatic rings. The zero-order valence-electron chi connectivity index (χ0n) is 8.64. The van der Waals surface area contributed by atoms with Crippen molar-refractivity contribution >= 4 is 19.0 Å². The molecule has 0 saturated carbocycles. The van der Waals surface area contributed by atoms with Crippen molar-refractivity contribution in [2.45, 2.75) is 0 Å². The topological polar surface area (TPSA) is 80.3 Å². The van der Waals surface area contributed by atoms with Crippen molar-refractivity contribution in [2.75, 3.05) is 33.5 Å². The molecule has 1 rings (SSSR count). The molecule has 0 amide bonds. The van der Waals surface area contributed by atoms with E-state index in [0.29, 0.717) is 13.2 Å². The van der Waals surface area contributed by atoms with E-state index in [-0.39, 0.29) is 13.2 Å². The van der Waals surface area contributed by atoms with Gasteiger partial charge in [0.25, 0.3) is 0 Å². The summed E-state index contributed by atoms with van der Waals surface area (Å²) in [6, 6.07) is 0. The molecule has 1 saturated heterocycles. The van der Waals surface area contributed by atoms with Gasteiger partial charge in [0, 0.05) is 13.7 Å². The summed E-state index contributed by atoms with van der Waals surface area (Å²) >= 11 is 0. The van der Waals surface area contributed by atoms with E-state index in [1.807, 2.05) is 0 Å². The summed E-state index contributed by atoms with van der Waals surface area (Å²) in [5.74, 6) is -2.80. The van der Waals surface area contributed by atoms with E-state index < -0.39 is 19.0 Å². The molecule has 9 heteroatoms. The summed E-state index contributed by atoms with van der Waals surface area (Å²) in [7, 11) is -2.27. The molecular weight excluding hydrogens is 226 g/mol. The normalized spacial score (nSPS) is 18.4. The maximum atomic E-state index is 13.3. The second-order valence-electron chi connectivity index (χ2n) is 2.84. The van der Waals surface area contributed by atoms with Crippen molar-refractivity contribution in [1.29, 1.82) is 0 Å². The largest absolute Gasteiger partial charge is 0.693 e. The van der Waals surface area contributed by atoms with Gasteiger partial charge in [-0.3, -0.25) is 0 Å². The van der Waals surface area contributed by atoms with E-state index >= 15 is 0 Å². The van der Waals surface area contributed by atoms with Gasteiger partial charge in [-0.15, -0.1) is 0 Å². The van der Waals surface area contributed by atoms with Crippen molar-refractivity contribution in [3.63, 3.8) is 0 Å². The van der Waals surface area contributed by atoms with E-state index in [4.69, 9.17) is 9.47 Å². The van der Waals surface area contributed by atoms with Crippen LogP contribution in [0.3, 0.4) is 0 Å². The molecule has 0 unspecified atom stereocenters. The van der Waals surface area contributed by atoms with Gasteiger partial charge in [0.05, 0.1) is 19.8 Å². The molecule has 0 atom stereocenters. The highest BCUT2D eigenvalue weighted by Gasteiger charge is 2.47. The number of ether oxygens (including phenoxy) is 2. The van der Waals surface area contributed by atoms with E-state index in [0.717, 1.165) is 0 Å². The highest BCUT2D eigenvalue weighted by Crippen LogP contribution is 2.18. The molecule has 1 aliphatic rings. The second kappa shape index (κ2) is 5.78. The first-order valence-electron chi connectivity index (χ1n) is 4.55. The molecule has 16 heavy (non-hydrogen) atoms. The van der Waals surface area contributed by atoms with Crippen LogP contribution in [0.4, 0.5) is 4.32 Å². The summed E-state index contributed by atoms with van der Waals surface area (Å²) in [6.45, 7) is 0.578. The van der Waals surface area contributed by atoms with Gasteiger partial charge in [-0.1, -0.05) is 0 Å². The maximum absolute atomic E-state index is 13.3. The van der Waals surface area contributed by atoms with Gasteiger partial charge in [-0.05, 0) is 0 Å². The zero-order valence-corrected chi connectivity index (χ0v) is 8.64. The Balaban J connectivity index is 2.13. The van der Waals surface area contributed by atoms with Crippen LogP contribution in [0.2, 0.25) is 0 Å². The fourth-order valence-electron chi connectivity index (χ4n) is 0.936. The molecule has 0 bridgehead atoms. The maximum Gasteiger partial charge on any atom is 0.693 e. The Bertz CT molecular complexity index is 255. The van der Waals surface area contributed by atoms with Crippen LogP contribution >= 0.6 is 0 Å². The lowest BCUT2D eigenvalue weighted by atomic mass is 10.1. The molecule has 0 aliphatic carbocycles. The van der Waals surface area contributed by atoms with E-state index in [1.54, 1.807) is 0 Å². The quantitative estimate of drug-likeness (QED) is 0.324. The van der Waals surface area contributed by atoms with Gasteiger partial charge in [-0.25, -0.2) is 9.59 Å². The average Bonchev–Trinajstić information content (AvgIpc) is 2.47. The van der Waals surface area contributed by atoms with Crippen LogP contribution in [-0.2, 0) is 33.0 Å². The third kappa shape index (κ3) is 3.76. The average molecular weight is 237 g/mol. The standard InChI is InChI=1S/C7H11BFO7/c1-12-2-3-13-4-5-14-8(9)15-6(10)7(11)16-8/h2-5H2,1H3/q-1. The monoisotopic (exact) mass is 237 g/mol. The molecule has 0 N–H and O–H groups in total. The zero-order chi connectivity index (χ0) is 12.0. The van der Waals surface area contributed by atoms with E-state index in [9.17, 15) is 13.9 Å². The van der Waals surface area contributed by atoms with Gasteiger partial charge < -0.3 is 27.8 Å². The lowest BCUT2D eigenvalue weighted by molar-refractivity contribution is -0.150. The molecule has 0 aromatic heterocycles. The second-order valence-corrected chi connectivity index (χ2v) is 2.84. The summed E-state index contributed by atoms with van der Waals surface area (Å²) in [5.41, 5.74) is 0. The Morgan fingerprint density at radius 2 is 1.69 bits per heavy atom. The van der Waals surface area contributed by atoms with Gasteiger partial charge >= 0.3 is 19.0 Å². The Morgan fingerprint density at radius 1 is 1.12 bits per heavy atom. The van der Waals surface area contributed by atoms with E-state index in [1.165, 1.54) is 7.11 Å². The first-order chi connectivity index (χ1) is 7.57. The third-order valence-corrected chi connectivity index (χ3v) is 1.64. The van der Waals surface area contributed by atoms with Crippen LogP contribution in [0.1, 0.15) is 0 Å². The Kier molecular flexibility index (Phi) is 4.65. The Morgan fingerprint density at radius 3 is 2.25 bits per heavy atom. The number of hydrogen-bond donors (Lipinski definition) is 0. The fraction of sp³-hybridized carbons (Fsp3) is 0.714. The summed E-state index contributed by atoms with van der Waals surface area (Å²) < 4.78 is 35.3. The number of carbonyl (C=O) groups is 2. The van der Waals surface area contributed by atoms with E-state index in [2.05, 4.69) is 14.0 Å². The van der Waals surface area contributed by atoms with Crippen molar-refractivity contribution < 1.29 is 37.3 Å². The molecule has 7 nitrogen and oxygen atoms in total. The number of hydrogen-bond acceptors (Lipinski definition) is 7. The molecule has 0 aromatic carbocycles. The molecule has 0 radical (unpaired) electrons. The molecule has 0 spiro atoms. The minimum absolute atomic E-state index is 0.0614. The first-order valence-corrected chi connectivity index (χ1v) is 4.55. The molecule has 1 aliphatic heterocycles. The van der Waals surface area contributed by atoms with Crippen LogP contribution in [0, 0.1) is 0 Å². The summed E-state index contributed by atoms with van der Waals surface area (Å²) in [6.07, 6.45) is 0. The summed E-state index contributed by atoms with van der Waals surface area (Å²) in [5, 5.41) is 0. The number of rotatable bonds is 7. The van der Waals surface area contributed by atoms with Crippen LogP contribution in [0.25, 0.3) is 0 Å². The number of carbonyl (C=O) groups excluding carboxylic acids is 2. The SMILES string of the molecule is COCCOCCO[B-]1(F)OC(=O)C(=O)O1. The smallest absolute Gasteiger partial charge is 0.596 e. The number of methoxy groups -OCH3 is 1. The van der Waals surface area contributed by atoms with Crippen molar-refractivity contribution in [3.8, 4) is 0 Å². The third-order valence-electron chi connectivity index (χ3n) is 1.64. The van der Waals surface area contributed by atoms with Gasteiger partial charge in [0.15, 0.2) is 0 Å². The minimum atomic E-state index is -3.79. The molecule has 1 fully saturated rings.